The average molecular weight is 469 g/mol. The number of pyridine rings is 1. The summed E-state index contributed by atoms with van der Waals surface area (Å²) in [6, 6.07) is 21.1. The fraction of sp³-hybridized carbons (Fsp3) is 0.300. The standard InChI is InChI=1S/C30H29ClN2O/c31-27-14-11-24(12-15-27)26-13-17-28(32-20-26)16-8-22-6-9-23(10-7-22)25-3-1-4-29(19-25)33-18-2-5-30(33)21-34/h6-7,9-15,17,19-20,29-30,34H,1-5,18,21H2/t29?,30-/m0/s1. The summed E-state index contributed by atoms with van der Waals surface area (Å²) in [6.07, 6.45) is 10.1. The number of benzene rings is 2. The first-order chi connectivity index (χ1) is 16.7. The van der Waals surface area contributed by atoms with Gasteiger partial charge in [-0.2, -0.15) is 0 Å². The predicted octanol–water partition coefficient (Wildman–Crippen LogP) is 6.19. The molecule has 34 heavy (non-hydrogen) atoms. The Hall–Kier alpha value is -2.90. The number of aromatic nitrogens is 1. The second kappa shape index (κ2) is 10.6. The Bertz CT molecular complexity index is 1200. The van der Waals surface area contributed by atoms with E-state index in [1.165, 1.54) is 30.4 Å². The molecule has 1 aromatic heterocycles. The van der Waals surface area contributed by atoms with E-state index in [9.17, 15) is 5.11 Å². The van der Waals surface area contributed by atoms with Crippen molar-refractivity contribution in [1.82, 2.24) is 9.88 Å². The molecule has 0 bridgehead atoms. The number of hydrogen-bond acceptors (Lipinski definition) is 3. The molecule has 1 aliphatic carbocycles. The molecule has 1 unspecified atom stereocenters. The molecule has 1 saturated heterocycles. The van der Waals surface area contributed by atoms with Crippen molar-refractivity contribution in [3.8, 4) is 23.0 Å². The monoisotopic (exact) mass is 468 g/mol. The Morgan fingerprint density at radius 2 is 1.65 bits per heavy atom. The predicted molar refractivity (Wildman–Crippen MR) is 140 cm³/mol. The van der Waals surface area contributed by atoms with E-state index < -0.39 is 0 Å². The van der Waals surface area contributed by atoms with Gasteiger partial charge in [0.2, 0.25) is 0 Å². The molecule has 2 heterocycles. The van der Waals surface area contributed by atoms with Gasteiger partial charge in [-0.3, -0.25) is 4.90 Å². The summed E-state index contributed by atoms with van der Waals surface area (Å²) in [5, 5.41) is 10.4. The third-order valence-corrected chi connectivity index (χ3v) is 7.18. The van der Waals surface area contributed by atoms with Gasteiger partial charge in [0.1, 0.15) is 5.69 Å². The lowest BCUT2D eigenvalue weighted by molar-refractivity contribution is 0.130. The molecule has 4 heteroatoms. The molecular weight excluding hydrogens is 440 g/mol. The van der Waals surface area contributed by atoms with Crippen LogP contribution in [0.2, 0.25) is 5.02 Å². The van der Waals surface area contributed by atoms with E-state index in [0.717, 1.165) is 46.8 Å². The number of allylic oxidation sites excluding steroid dienone is 1. The van der Waals surface area contributed by atoms with Crippen molar-refractivity contribution in [2.75, 3.05) is 13.2 Å². The fourth-order valence-corrected chi connectivity index (χ4v) is 5.20. The van der Waals surface area contributed by atoms with E-state index in [1.54, 1.807) is 0 Å². The van der Waals surface area contributed by atoms with Crippen molar-refractivity contribution in [3.05, 3.63) is 94.8 Å². The molecule has 2 aliphatic rings. The molecule has 3 aromatic rings. The van der Waals surface area contributed by atoms with Crippen LogP contribution in [0.5, 0.6) is 0 Å². The lowest BCUT2D eigenvalue weighted by Crippen LogP contribution is -2.40. The topological polar surface area (TPSA) is 36.4 Å². The van der Waals surface area contributed by atoms with Gasteiger partial charge in [-0.15, -0.1) is 0 Å². The molecule has 1 aliphatic heterocycles. The highest BCUT2D eigenvalue weighted by Crippen LogP contribution is 2.32. The van der Waals surface area contributed by atoms with E-state index in [-0.39, 0.29) is 6.61 Å². The largest absolute Gasteiger partial charge is 0.395 e. The normalized spacial score (nSPS) is 20.5. The van der Waals surface area contributed by atoms with E-state index in [4.69, 9.17) is 11.6 Å². The van der Waals surface area contributed by atoms with Crippen molar-refractivity contribution >= 4 is 17.2 Å². The van der Waals surface area contributed by atoms with Gasteiger partial charge in [0.25, 0.3) is 0 Å². The van der Waals surface area contributed by atoms with Crippen molar-refractivity contribution in [1.29, 1.82) is 0 Å². The summed E-state index contributed by atoms with van der Waals surface area (Å²) in [7, 11) is 0. The highest BCUT2D eigenvalue weighted by molar-refractivity contribution is 6.30. The summed E-state index contributed by atoms with van der Waals surface area (Å²) in [4.78, 5) is 7.01. The second-order valence-corrected chi connectivity index (χ2v) is 9.57. The van der Waals surface area contributed by atoms with Crippen molar-refractivity contribution in [2.45, 2.75) is 44.2 Å². The first kappa shape index (κ1) is 22.9. The average Bonchev–Trinajstić information content (AvgIpc) is 3.38. The summed E-state index contributed by atoms with van der Waals surface area (Å²) >= 11 is 5.97. The van der Waals surface area contributed by atoms with E-state index in [0.29, 0.717) is 12.1 Å². The zero-order valence-corrected chi connectivity index (χ0v) is 20.0. The number of nitrogens with zero attached hydrogens (tertiary/aromatic N) is 2. The van der Waals surface area contributed by atoms with Crippen LogP contribution in [0.15, 0.2) is 72.9 Å². The lowest BCUT2D eigenvalue weighted by atomic mass is 9.89. The van der Waals surface area contributed by atoms with Crippen LogP contribution in [-0.4, -0.2) is 40.2 Å². The maximum Gasteiger partial charge on any atom is 0.113 e. The zero-order valence-electron chi connectivity index (χ0n) is 19.3. The van der Waals surface area contributed by atoms with Gasteiger partial charge >= 0.3 is 0 Å². The molecule has 0 amide bonds. The number of likely N-dealkylation sites (tertiary alicyclic amines) is 1. The van der Waals surface area contributed by atoms with E-state index in [1.807, 2.05) is 42.6 Å². The Morgan fingerprint density at radius 1 is 0.882 bits per heavy atom. The minimum atomic E-state index is 0.270. The first-order valence-corrected chi connectivity index (χ1v) is 12.5. The molecule has 172 valence electrons. The Morgan fingerprint density at radius 3 is 2.38 bits per heavy atom. The van der Waals surface area contributed by atoms with Crippen molar-refractivity contribution < 1.29 is 5.11 Å². The number of hydrogen-bond donors (Lipinski definition) is 1. The van der Waals surface area contributed by atoms with Crippen molar-refractivity contribution in [2.24, 2.45) is 0 Å². The molecule has 2 aromatic carbocycles. The maximum absolute atomic E-state index is 9.70. The van der Waals surface area contributed by atoms with Gasteiger partial charge < -0.3 is 5.11 Å². The molecule has 2 atom stereocenters. The number of rotatable bonds is 4. The first-order valence-electron chi connectivity index (χ1n) is 12.1. The summed E-state index contributed by atoms with van der Waals surface area (Å²) in [6.45, 7) is 1.37. The van der Waals surface area contributed by atoms with Crippen LogP contribution in [0.25, 0.3) is 16.7 Å². The molecule has 3 nitrogen and oxygen atoms in total. The number of halogens is 1. The number of aliphatic hydroxyl groups excluding tert-OH is 1. The van der Waals surface area contributed by atoms with Gasteiger partial charge in [-0.05, 0) is 91.6 Å². The van der Waals surface area contributed by atoms with Crippen LogP contribution in [0, 0.1) is 11.8 Å². The van der Waals surface area contributed by atoms with Crippen molar-refractivity contribution in [3.63, 3.8) is 0 Å². The molecule has 0 saturated carbocycles. The number of aliphatic hydroxyl groups is 1. The van der Waals surface area contributed by atoms with Gasteiger partial charge in [-0.1, -0.05) is 53.9 Å². The van der Waals surface area contributed by atoms with Gasteiger partial charge in [0.05, 0.1) is 6.61 Å². The molecular formula is C30H29ClN2O. The van der Waals surface area contributed by atoms with E-state index in [2.05, 4.69) is 52.1 Å². The van der Waals surface area contributed by atoms with Gasteiger partial charge in [0, 0.05) is 34.4 Å². The fourth-order valence-electron chi connectivity index (χ4n) is 5.08. The van der Waals surface area contributed by atoms with Crippen LogP contribution < -0.4 is 0 Å². The lowest BCUT2D eigenvalue weighted by Gasteiger charge is -2.33. The summed E-state index contributed by atoms with van der Waals surface area (Å²) < 4.78 is 0. The maximum atomic E-state index is 9.70. The quantitative estimate of drug-likeness (QED) is 0.463. The minimum absolute atomic E-state index is 0.270. The SMILES string of the molecule is OC[C@@H]1CCCN1C1C=C(c2ccc(C#Cc3ccc(-c4ccc(Cl)cc4)cn3)cc2)CCC1. The molecule has 0 radical (unpaired) electrons. The second-order valence-electron chi connectivity index (χ2n) is 9.13. The highest BCUT2D eigenvalue weighted by atomic mass is 35.5. The molecule has 5 rings (SSSR count). The molecule has 1 fully saturated rings. The van der Waals surface area contributed by atoms with Crippen LogP contribution in [-0.2, 0) is 0 Å². The summed E-state index contributed by atoms with van der Waals surface area (Å²) in [5.74, 6) is 6.42. The zero-order chi connectivity index (χ0) is 23.3. The molecule has 1 N–H and O–H groups in total. The third-order valence-electron chi connectivity index (χ3n) is 6.93. The van der Waals surface area contributed by atoms with Crippen LogP contribution in [0.3, 0.4) is 0 Å². The summed E-state index contributed by atoms with van der Waals surface area (Å²) in [5.41, 5.74) is 6.57. The minimum Gasteiger partial charge on any atom is -0.395 e. The van der Waals surface area contributed by atoms with E-state index >= 15 is 0 Å². The Kier molecular flexibility index (Phi) is 7.11. The highest BCUT2D eigenvalue weighted by Gasteiger charge is 2.30. The van der Waals surface area contributed by atoms with Crippen LogP contribution in [0.1, 0.15) is 48.9 Å². The van der Waals surface area contributed by atoms with Crippen LogP contribution in [0.4, 0.5) is 0 Å². The smallest absolute Gasteiger partial charge is 0.113 e. The van der Waals surface area contributed by atoms with Crippen LogP contribution >= 0.6 is 11.6 Å². The molecule has 0 spiro atoms. The van der Waals surface area contributed by atoms with Gasteiger partial charge in [0.15, 0.2) is 0 Å². The van der Waals surface area contributed by atoms with Gasteiger partial charge in [-0.25, -0.2) is 4.98 Å². The third kappa shape index (κ3) is 5.26. The Balaban J connectivity index is 1.26. The Labute approximate surface area is 207 Å².